The molecule has 0 aliphatic rings. The van der Waals surface area contributed by atoms with E-state index in [1.807, 2.05) is 14.0 Å². The summed E-state index contributed by atoms with van der Waals surface area (Å²) in [6.07, 6.45) is 2.13. The first kappa shape index (κ1) is 13.1. The zero-order valence-electron chi connectivity index (χ0n) is 10.3. The molecule has 0 aliphatic carbocycles. The van der Waals surface area contributed by atoms with Crippen LogP contribution < -0.4 is 5.73 Å². The van der Waals surface area contributed by atoms with Gasteiger partial charge in [-0.25, -0.2) is 4.39 Å². The molecule has 0 amide bonds. The third kappa shape index (κ3) is 2.40. The van der Waals surface area contributed by atoms with Gasteiger partial charge >= 0.3 is 0 Å². The van der Waals surface area contributed by atoms with Gasteiger partial charge in [0, 0.05) is 24.3 Å². The molecule has 3 nitrogen and oxygen atoms in total. The molecule has 2 rings (SSSR count). The average Bonchev–Trinajstić information content (AvgIpc) is 2.66. The van der Waals surface area contributed by atoms with E-state index in [2.05, 4.69) is 5.10 Å². The molecular weight excluding hydrogens is 253 g/mol. The van der Waals surface area contributed by atoms with E-state index in [0.717, 1.165) is 11.3 Å². The lowest BCUT2D eigenvalue weighted by molar-refractivity contribution is 0.592. The maximum Gasteiger partial charge on any atom is 0.145 e. The Kier molecular flexibility index (Phi) is 3.68. The van der Waals surface area contributed by atoms with E-state index in [1.165, 1.54) is 6.07 Å². The van der Waals surface area contributed by atoms with Crippen molar-refractivity contribution in [1.29, 1.82) is 0 Å². The van der Waals surface area contributed by atoms with Gasteiger partial charge in [0.1, 0.15) is 5.82 Å². The number of rotatable bonds is 3. The normalized spacial score (nSPS) is 12.7. The number of hydrogen-bond acceptors (Lipinski definition) is 2. The minimum absolute atomic E-state index is 0.127. The minimum atomic E-state index is -0.392. The maximum atomic E-state index is 13.8. The molecule has 1 unspecified atom stereocenters. The van der Waals surface area contributed by atoms with Crippen LogP contribution in [0.5, 0.6) is 0 Å². The molecule has 1 atom stereocenters. The van der Waals surface area contributed by atoms with Gasteiger partial charge in [0.05, 0.1) is 11.2 Å². The molecule has 0 aliphatic heterocycles. The summed E-state index contributed by atoms with van der Waals surface area (Å²) in [7, 11) is 1.85. The van der Waals surface area contributed by atoms with E-state index in [4.69, 9.17) is 17.3 Å². The Morgan fingerprint density at radius 2 is 2.22 bits per heavy atom. The SMILES string of the molecule is Cc1c(C(N)Cc2cccc(Cl)c2F)cnn1C. The number of halogens is 2. The molecule has 1 aromatic carbocycles. The Morgan fingerprint density at radius 3 is 2.83 bits per heavy atom. The van der Waals surface area contributed by atoms with Crippen LogP contribution in [0.2, 0.25) is 5.02 Å². The van der Waals surface area contributed by atoms with Crippen molar-refractivity contribution in [2.75, 3.05) is 0 Å². The summed E-state index contributed by atoms with van der Waals surface area (Å²) in [6, 6.07) is 4.67. The lowest BCUT2D eigenvalue weighted by Gasteiger charge is -2.12. The molecule has 0 saturated heterocycles. The number of nitrogens with zero attached hydrogens (tertiary/aromatic N) is 2. The van der Waals surface area contributed by atoms with Crippen molar-refractivity contribution in [1.82, 2.24) is 9.78 Å². The van der Waals surface area contributed by atoms with Gasteiger partial charge in [0.15, 0.2) is 0 Å². The third-order valence-electron chi connectivity index (χ3n) is 3.14. The van der Waals surface area contributed by atoms with Gasteiger partial charge in [0.2, 0.25) is 0 Å². The van der Waals surface area contributed by atoms with Crippen molar-refractivity contribution in [3.63, 3.8) is 0 Å². The highest BCUT2D eigenvalue weighted by atomic mass is 35.5. The molecule has 1 aromatic heterocycles. The monoisotopic (exact) mass is 267 g/mol. The molecule has 2 N–H and O–H groups in total. The van der Waals surface area contributed by atoms with Crippen LogP contribution in [0.3, 0.4) is 0 Å². The highest BCUT2D eigenvalue weighted by molar-refractivity contribution is 6.30. The van der Waals surface area contributed by atoms with Crippen molar-refractivity contribution in [3.8, 4) is 0 Å². The first-order valence-electron chi connectivity index (χ1n) is 5.67. The molecule has 0 bridgehead atoms. The first-order chi connectivity index (χ1) is 8.50. The minimum Gasteiger partial charge on any atom is -0.324 e. The second-order valence-electron chi connectivity index (χ2n) is 4.33. The summed E-state index contributed by atoms with van der Waals surface area (Å²) in [4.78, 5) is 0. The van der Waals surface area contributed by atoms with Crippen LogP contribution in [0.25, 0.3) is 0 Å². The lowest BCUT2D eigenvalue weighted by Crippen LogP contribution is -2.15. The fraction of sp³-hybridized carbons (Fsp3) is 0.308. The smallest absolute Gasteiger partial charge is 0.145 e. The van der Waals surface area contributed by atoms with Gasteiger partial charge in [-0.05, 0) is 25.0 Å². The van der Waals surface area contributed by atoms with Crippen LogP contribution in [-0.2, 0) is 13.5 Å². The Bertz CT molecular complexity index is 565. The van der Waals surface area contributed by atoms with E-state index >= 15 is 0 Å². The van der Waals surface area contributed by atoms with Crippen LogP contribution in [0.15, 0.2) is 24.4 Å². The number of hydrogen-bond donors (Lipinski definition) is 1. The van der Waals surface area contributed by atoms with Crippen molar-refractivity contribution in [2.45, 2.75) is 19.4 Å². The highest BCUT2D eigenvalue weighted by Gasteiger charge is 2.16. The molecule has 0 spiro atoms. The molecule has 18 heavy (non-hydrogen) atoms. The first-order valence-corrected chi connectivity index (χ1v) is 6.05. The fourth-order valence-electron chi connectivity index (χ4n) is 1.93. The number of nitrogens with two attached hydrogens (primary N) is 1. The zero-order chi connectivity index (χ0) is 13.3. The highest BCUT2D eigenvalue weighted by Crippen LogP contribution is 2.23. The van der Waals surface area contributed by atoms with Gasteiger partial charge in [-0.3, -0.25) is 4.68 Å². The Morgan fingerprint density at radius 1 is 1.50 bits per heavy atom. The molecule has 1 heterocycles. The summed E-state index contributed by atoms with van der Waals surface area (Å²) in [6.45, 7) is 1.94. The van der Waals surface area contributed by atoms with E-state index in [0.29, 0.717) is 12.0 Å². The maximum absolute atomic E-state index is 13.8. The van der Waals surface area contributed by atoms with E-state index in [-0.39, 0.29) is 11.1 Å². The van der Waals surface area contributed by atoms with Crippen LogP contribution in [0.1, 0.15) is 22.9 Å². The predicted molar refractivity (Wildman–Crippen MR) is 70.0 cm³/mol. The largest absolute Gasteiger partial charge is 0.324 e. The van der Waals surface area contributed by atoms with Gasteiger partial charge in [0.25, 0.3) is 0 Å². The quantitative estimate of drug-likeness (QED) is 0.929. The third-order valence-corrected chi connectivity index (χ3v) is 3.44. The van der Waals surface area contributed by atoms with E-state index < -0.39 is 5.82 Å². The van der Waals surface area contributed by atoms with E-state index in [9.17, 15) is 4.39 Å². The molecule has 2 aromatic rings. The molecule has 0 saturated carbocycles. The number of aromatic nitrogens is 2. The van der Waals surface area contributed by atoms with Crippen molar-refractivity contribution in [3.05, 3.63) is 52.1 Å². The van der Waals surface area contributed by atoms with E-state index in [1.54, 1.807) is 23.0 Å². The van der Waals surface area contributed by atoms with Crippen molar-refractivity contribution in [2.24, 2.45) is 12.8 Å². The molecule has 5 heteroatoms. The summed E-state index contributed by atoms with van der Waals surface area (Å²) in [5.41, 5.74) is 8.54. The van der Waals surface area contributed by atoms with Gasteiger partial charge in [-0.15, -0.1) is 0 Å². The summed E-state index contributed by atoms with van der Waals surface area (Å²) in [5, 5.41) is 4.26. The zero-order valence-corrected chi connectivity index (χ0v) is 11.1. The van der Waals surface area contributed by atoms with Crippen molar-refractivity contribution < 1.29 is 4.39 Å². The van der Waals surface area contributed by atoms with Crippen LogP contribution in [0.4, 0.5) is 4.39 Å². The fourth-order valence-corrected chi connectivity index (χ4v) is 2.13. The molecule has 0 fully saturated rings. The van der Waals surface area contributed by atoms with Crippen LogP contribution in [-0.4, -0.2) is 9.78 Å². The predicted octanol–water partition coefficient (Wildman–Crippen LogP) is 2.76. The summed E-state index contributed by atoms with van der Waals surface area (Å²) >= 11 is 5.75. The van der Waals surface area contributed by atoms with Gasteiger partial charge in [-0.2, -0.15) is 5.10 Å². The summed E-state index contributed by atoms with van der Waals surface area (Å²) < 4.78 is 15.5. The number of benzene rings is 1. The summed E-state index contributed by atoms with van der Waals surface area (Å²) in [5.74, 6) is -0.392. The Labute approximate surface area is 110 Å². The molecular formula is C13H15ClFN3. The Hall–Kier alpha value is -1.39. The van der Waals surface area contributed by atoms with Crippen LogP contribution >= 0.6 is 11.6 Å². The van der Waals surface area contributed by atoms with Gasteiger partial charge < -0.3 is 5.73 Å². The standard InChI is InChI=1S/C13H15ClFN3/c1-8-10(7-17-18(8)2)12(16)6-9-4-3-5-11(14)13(9)15/h3-5,7,12H,6,16H2,1-2H3. The second kappa shape index (κ2) is 5.08. The topological polar surface area (TPSA) is 43.8 Å². The van der Waals surface area contributed by atoms with Crippen LogP contribution in [0, 0.1) is 12.7 Å². The number of aryl methyl sites for hydroxylation is 1. The molecule has 0 radical (unpaired) electrons. The average molecular weight is 268 g/mol. The van der Waals surface area contributed by atoms with Crippen molar-refractivity contribution >= 4 is 11.6 Å². The molecule has 96 valence electrons. The second-order valence-corrected chi connectivity index (χ2v) is 4.74. The lowest BCUT2D eigenvalue weighted by atomic mass is 10.00. The van der Waals surface area contributed by atoms with Gasteiger partial charge in [-0.1, -0.05) is 23.7 Å². The Balaban J connectivity index is 2.24.